The molecule has 1 aromatic carbocycles. The Bertz CT molecular complexity index is 998. The summed E-state index contributed by atoms with van der Waals surface area (Å²) < 4.78 is 5.78. The Morgan fingerprint density at radius 1 is 1.06 bits per heavy atom. The van der Waals surface area contributed by atoms with Crippen molar-refractivity contribution in [1.29, 1.82) is 0 Å². The SMILES string of the molecule is CC(C)(C)OC(=O)NCC(=O)NCC1CCN(C(=O)CN2C(=O)c3ccc(Br)cc3C2=O)CC1. The van der Waals surface area contributed by atoms with E-state index in [4.69, 9.17) is 4.74 Å². The lowest BCUT2D eigenvalue weighted by atomic mass is 9.96. The van der Waals surface area contributed by atoms with Gasteiger partial charge in [-0.05, 0) is 57.7 Å². The highest BCUT2D eigenvalue weighted by molar-refractivity contribution is 9.10. The minimum Gasteiger partial charge on any atom is -0.444 e. The number of carbonyl (C=O) groups excluding carboxylic acids is 5. The van der Waals surface area contributed by atoms with Gasteiger partial charge in [-0.2, -0.15) is 0 Å². The van der Waals surface area contributed by atoms with Gasteiger partial charge in [-0.3, -0.25) is 24.1 Å². The van der Waals surface area contributed by atoms with Crippen molar-refractivity contribution < 1.29 is 28.7 Å². The number of amides is 5. The van der Waals surface area contributed by atoms with Crippen molar-refractivity contribution in [2.75, 3.05) is 32.7 Å². The van der Waals surface area contributed by atoms with Gasteiger partial charge >= 0.3 is 6.09 Å². The summed E-state index contributed by atoms with van der Waals surface area (Å²) in [7, 11) is 0. The lowest BCUT2D eigenvalue weighted by Gasteiger charge is -2.32. The maximum Gasteiger partial charge on any atom is 0.408 e. The van der Waals surface area contributed by atoms with E-state index < -0.39 is 23.5 Å². The number of halogens is 1. The Morgan fingerprint density at radius 2 is 1.71 bits per heavy atom. The predicted molar refractivity (Wildman–Crippen MR) is 126 cm³/mol. The molecule has 10 nitrogen and oxygen atoms in total. The number of imide groups is 1. The van der Waals surface area contributed by atoms with E-state index in [1.807, 2.05) is 0 Å². The Balaban J connectivity index is 1.39. The van der Waals surface area contributed by atoms with E-state index in [9.17, 15) is 24.0 Å². The van der Waals surface area contributed by atoms with Gasteiger partial charge in [0.1, 0.15) is 12.1 Å². The number of nitrogens with one attached hydrogen (secondary N) is 2. The first kappa shape index (κ1) is 25.7. The third-order valence-corrected chi connectivity index (χ3v) is 6.07. The number of hydrogen-bond donors (Lipinski definition) is 2. The molecule has 0 saturated carbocycles. The molecule has 1 aromatic rings. The number of alkyl carbamates (subject to hydrolysis) is 1. The van der Waals surface area contributed by atoms with Crippen LogP contribution < -0.4 is 10.6 Å². The maximum absolute atomic E-state index is 12.7. The molecule has 0 spiro atoms. The van der Waals surface area contributed by atoms with Crippen LogP contribution in [-0.2, 0) is 14.3 Å². The second-order valence-corrected chi connectivity index (χ2v) is 10.3. The van der Waals surface area contributed by atoms with Gasteiger partial charge < -0.3 is 20.3 Å². The molecular weight excluding hydrogens is 508 g/mol. The van der Waals surface area contributed by atoms with Gasteiger partial charge in [0, 0.05) is 24.1 Å². The van der Waals surface area contributed by atoms with E-state index in [1.54, 1.807) is 43.9 Å². The number of piperidine rings is 1. The predicted octanol–water partition coefficient (Wildman–Crippen LogP) is 1.92. The van der Waals surface area contributed by atoms with Crippen LogP contribution in [0.4, 0.5) is 4.79 Å². The molecule has 0 unspecified atom stereocenters. The molecule has 0 aromatic heterocycles. The van der Waals surface area contributed by atoms with Crippen molar-refractivity contribution in [2.45, 2.75) is 39.2 Å². The monoisotopic (exact) mass is 536 g/mol. The number of benzene rings is 1. The van der Waals surface area contributed by atoms with Crippen LogP contribution in [-0.4, -0.2) is 77.8 Å². The van der Waals surface area contributed by atoms with Gasteiger partial charge in [0.05, 0.1) is 17.7 Å². The lowest BCUT2D eigenvalue weighted by molar-refractivity contribution is -0.133. The quantitative estimate of drug-likeness (QED) is 0.535. The smallest absolute Gasteiger partial charge is 0.408 e. The summed E-state index contributed by atoms with van der Waals surface area (Å²) in [5, 5.41) is 5.20. The lowest BCUT2D eigenvalue weighted by Crippen LogP contribution is -2.47. The van der Waals surface area contributed by atoms with E-state index in [0.717, 1.165) is 4.90 Å². The molecule has 0 atom stereocenters. The zero-order valence-electron chi connectivity index (χ0n) is 19.5. The van der Waals surface area contributed by atoms with Crippen molar-refractivity contribution in [3.05, 3.63) is 33.8 Å². The normalized spacial score (nSPS) is 16.4. The average molecular weight is 537 g/mol. The molecule has 34 heavy (non-hydrogen) atoms. The van der Waals surface area contributed by atoms with Gasteiger partial charge in [0.15, 0.2) is 0 Å². The number of rotatable bonds is 6. The fourth-order valence-electron chi connectivity index (χ4n) is 3.82. The molecule has 184 valence electrons. The summed E-state index contributed by atoms with van der Waals surface area (Å²) in [6.45, 7) is 6.14. The van der Waals surface area contributed by atoms with Crippen LogP contribution in [0.5, 0.6) is 0 Å². The van der Waals surface area contributed by atoms with Crippen LogP contribution in [0.1, 0.15) is 54.3 Å². The number of likely N-dealkylation sites (tertiary alicyclic amines) is 1. The Hall–Kier alpha value is -2.95. The summed E-state index contributed by atoms with van der Waals surface area (Å²) in [4.78, 5) is 64.1. The molecule has 0 aliphatic carbocycles. The van der Waals surface area contributed by atoms with Crippen molar-refractivity contribution in [3.63, 3.8) is 0 Å². The summed E-state index contributed by atoms with van der Waals surface area (Å²) in [5.74, 6) is -1.34. The number of fused-ring (bicyclic) bond motifs is 1. The topological polar surface area (TPSA) is 125 Å². The Morgan fingerprint density at radius 3 is 2.35 bits per heavy atom. The van der Waals surface area contributed by atoms with Crippen LogP contribution in [0.3, 0.4) is 0 Å². The van der Waals surface area contributed by atoms with E-state index >= 15 is 0 Å². The molecule has 0 radical (unpaired) electrons. The molecule has 1 fully saturated rings. The van der Waals surface area contributed by atoms with Gasteiger partial charge in [-0.25, -0.2) is 4.79 Å². The highest BCUT2D eigenvalue weighted by Gasteiger charge is 2.37. The van der Waals surface area contributed by atoms with E-state index in [2.05, 4.69) is 26.6 Å². The first-order chi connectivity index (χ1) is 15.9. The number of hydrogen-bond acceptors (Lipinski definition) is 6. The van der Waals surface area contributed by atoms with E-state index in [-0.39, 0.29) is 30.8 Å². The van der Waals surface area contributed by atoms with Gasteiger partial charge in [0.25, 0.3) is 11.8 Å². The second kappa shape index (κ2) is 10.5. The maximum atomic E-state index is 12.7. The fraction of sp³-hybridized carbons (Fsp3) is 0.522. The number of nitrogens with zero attached hydrogens (tertiary/aromatic N) is 2. The van der Waals surface area contributed by atoms with Crippen LogP contribution >= 0.6 is 15.9 Å². The van der Waals surface area contributed by atoms with Crippen molar-refractivity contribution in [1.82, 2.24) is 20.4 Å². The molecule has 2 N–H and O–H groups in total. The van der Waals surface area contributed by atoms with E-state index in [0.29, 0.717) is 48.1 Å². The third-order valence-electron chi connectivity index (χ3n) is 5.57. The van der Waals surface area contributed by atoms with Crippen LogP contribution in [0.25, 0.3) is 0 Å². The van der Waals surface area contributed by atoms with E-state index in [1.165, 1.54) is 0 Å². The van der Waals surface area contributed by atoms with Gasteiger partial charge in [-0.15, -0.1) is 0 Å². The molecule has 11 heteroatoms. The summed E-state index contributed by atoms with van der Waals surface area (Å²) >= 11 is 3.29. The summed E-state index contributed by atoms with van der Waals surface area (Å²) in [6.07, 6.45) is 0.710. The fourth-order valence-corrected chi connectivity index (χ4v) is 4.18. The number of ether oxygens (including phenoxy) is 1. The Kier molecular flexibility index (Phi) is 7.96. The van der Waals surface area contributed by atoms with Crippen molar-refractivity contribution in [2.24, 2.45) is 5.92 Å². The highest BCUT2D eigenvalue weighted by Crippen LogP contribution is 2.26. The zero-order valence-corrected chi connectivity index (χ0v) is 21.1. The first-order valence-corrected chi connectivity index (χ1v) is 11.9. The minimum atomic E-state index is -0.653. The molecule has 2 aliphatic rings. The molecule has 2 aliphatic heterocycles. The molecule has 1 saturated heterocycles. The largest absolute Gasteiger partial charge is 0.444 e. The average Bonchev–Trinajstić information content (AvgIpc) is 2.99. The third kappa shape index (κ3) is 6.55. The number of carbonyl (C=O) groups is 5. The highest BCUT2D eigenvalue weighted by atomic mass is 79.9. The Labute approximate surface area is 206 Å². The summed E-state index contributed by atoms with van der Waals surface area (Å²) in [6, 6.07) is 4.85. The molecule has 2 heterocycles. The molecule has 5 amide bonds. The molecule has 0 bridgehead atoms. The zero-order chi connectivity index (χ0) is 25.0. The van der Waals surface area contributed by atoms with Crippen LogP contribution in [0.2, 0.25) is 0 Å². The van der Waals surface area contributed by atoms with Gasteiger partial charge in [-0.1, -0.05) is 15.9 Å². The van der Waals surface area contributed by atoms with Crippen LogP contribution in [0, 0.1) is 5.92 Å². The molecule has 3 rings (SSSR count). The van der Waals surface area contributed by atoms with Crippen molar-refractivity contribution >= 4 is 45.7 Å². The van der Waals surface area contributed by atoms with Crippen LogP contribution in [0.15, 0.2) is 22.7 Å². The minimum absolute atomic E-state index is 0.177. The second-order valence-electron chi connectivity index (χ2n) is 9.37. The molecular formula is C23H29BrN4O6. The van der Waals surface area contributed by atoms with Crippen molar-refractivity contribution in [3.8, 4) is 0 Å². The standard InChI is InChI=1S/C23H29BrN4O6/c1-23(2,3)34-22(33)26-12-18(29)25-11-14-6-8-27(9-7-14)19(30)13-28-20(31)16-5-4-15(24)10-17(16)21(28)32/h4-5,10,14H,6-9,11-13H2,1-3H3,(H,25,29)(H,26,33). The first-order valence-electron chi connectivity index (χ1n) is 11.1. The van der Waals surface area contributed by atoms with Gasteiger partial charge in [0.2, 0.25) is 11.8 Å². The summed E-state index contributed by atoms with van der Waals surface area (Å²) in [5.41, 5.74) is -0.0398.